The van der Waals surface area contributed by atoms with E-state index in [-0.39, 0.29) is 11.8 Å². The SMILES string of the molecule is Cc1ccc([C@H]2C[C@H]2C(=O)Nc2cccc(C(N)=O)c2C)s1. The summed E-state index contributed by atoms with van der Waals surface area (Å²) < 4.78 is 0. The van der Waals surface area contributed by atoms with Crippen molar-refractivity contribution in [3.63, 3.8) is 0 Å². The van der Waals surface area contributed by atoms with Crippen molar-refractivity contribution in [2.45, 2.75) is 26.2 Å². The van der Waals surface area contributed by atoms with E-state index in [4.69, 9.17) is 5.73 Å². The molecule has 2 atom stereocenters. The largest absolute Gasteiger partial charge is 0.366 e. The molecule has 0 spiro atoms. The number of hydrogen-bond acceptors (Lipinski definition) is 3. The summed E-state index contributed by atoms with van der Waals surface area (Å²) in [4.78, 5) is 26.3. The maximum Gasteiger partial charge on any atom is 0.249 e. The van der Waals surface area contributed by atoms with Gasteiger partial charge in [0.15, 0.2) is 0 Å². The monoisotopic (exact) mass is 314 g/mol. The quantitative estimate of drug-likeness (QED) is 0.909. The van der Waals surface area contributed by atoms with Crippen LogP contribution in [0.4, 0.5) is 5.69 Å². The standard InChI is InChI=1S/C17H18N2O2S/c1-9-6-7-15(22-9)12-8-13(12)17(21)19-14-5-3-4-11(10(14)2)16(18)20/h3-7,12-13H,8H2,1-2H3,(H2,18,20)(H,19,21)/t12-,13+/m0/s1. The van der Waals surface area contributed by atoms with E-state index < -0.39 is 5.91 Å². The molecule has 5 heteroatoms. The van der Waals surface area contributed by atoms with Crippen LogP contribution in [0.5, 0.6) is 0 Å². The van der Waals surface area contributed by atoms with Crippen molar-refractivity contribution in [1.29, 1.82) is 0 Å². The summed E-state index contributed by atoms with van der Waals surface area (Å²) in [6, 6.07) is 9.40. The van der Waals surface area contributed by atoms with E-state index in [1.54, 1.807) is 36.5 Å². The van der Waals surface area contributed by atoms with E-state index in [2.05, 4.69) is 24.4 Å². The molecule has 1 aromatic carbocycles. The highest BCUT2D eigenvalue weighted by atomic mass is 32.1. The minimum Gasteiger partial charge on any atom is -0.366 e. The smallest absolute Gasteiger partial charge is 0.249 e. The Morgan fingerprint density at radius 3 is 2.64 bits per heavy atom. The molecule has 1 aromatic heterocycles. The van der Waals surface area contributed by atoms with Crippen LogP contribution in [0.25, 0.3) is 0 Å². The number of rotatable bonds is 4. The second-order valence-corrected chi connectivity index (χ2v) is 7.05. The Morgan fingerprint density at radius 1 is 1.23 bits per heavy atom. The predicted octanol–water partition coefficient (Wildman–Crippen LogP) is 3.21. The average molecular weight is 314 g/mol. The number of hydrogen-bond donors (Lipinski definition) is 2. The number of benzene rings is 1. The molecule has 0 radical (unpaired) electrons. The number of thiophene rings is 1. The summed E-state index contributed by atoms with van der Waals surface area (Å²) in [6.07, 6.45) is 0.889. The van der Waals surface area contributed by atoms with Crippen LogP contribution >= 0.6 is 11.3 Å². The molecular weight excluding hydrogens is 296 g/mol. The van der Waals surface area contributed by atoms with Crippen LogP contribution in [0.3, 0.4) is 0 Å². The summed E-state index contributed by atoms with van der Waals surface area (Å²) in [5, 5.41) is 2.93. The Balaban J connectivity index is 1.71. The third-order valence-electron chi connectivity index (χ3n) is 4.11. The number of aryl methyl sites for hydroxylation is 1. The summed E-state index contributed by atoms with van der Waals surface area (Å²) in [6.45, 7) is 3.87. The van der Waals surface area contributed by atoms with Crippen molar-refractivity contribution in [3.05, 3.63) is 51.2 Å². The zero-order chi connectivity index (χ0) is 15.9. The van der Waals surface area contributed by atoms with Gasteiger partial charge in [-0.2, -0.15) is 0 Å². The van der Waals surface area contributed by atoms with Gasteiger partial charge in [-0.05, 0) is 50.1 Å². The second-order valence-electron chi connectivity index (χ2n) is 5.73. The van der Waals surface area contributed by atoms with Crippen molar-refractivity contribution in [2.24, 2.45) is 11.7 Å². The minimum absolute atomic E-state index is 0.0146. The van der Waals surface area contributed by atoms with E-state index in [9.17, 15) is 9.59 Å². The van der Waals surface area contributed by atoms with Crippen LogP contribution in [0, 0.1) is 19.8 Å². The molecule has 114 valence electrons. The van der Waals surface area contributed by atoms with Crippen LogP contribution < -0.4 is 11.1 Å². The molecule has 2 aromatic rings. The van der Waals surface area contributed by atoms with Gasteiger partial charge in [0.25, 0.3) is 0 Å². The fraction of sp³-hybridized carbons (Fsp3) is 0.294. The van der Waals surface area contributed by atoms with Gasteiger partial charge in [-0.25, -0.2) is 0 Å². The molecule has 3 N–H and O–H groups in total. The lowest BCUT2D eigenvalue weighted by Gasteiger charge is -2.10. The number of nitrogens with one attached hydrogen (secondary N) is 1. The third kappa shape index (κ3) is 2.76. The molecule has 0 aliphatic heterocycles. The van der Waals surface area contributed by atoms with Crippen molar-refractivity contribution < 1.29 is 9.59 Å². The molecule has 0 saturated heterocycles. The lowest BCUT2D eigenvalue weighted by atomic mass is 10.1. The highest BCUT2D eigenvalue weighted by Crippen LogP contribution is 2.50. The number of carbonyl (C=O) groups is 2. The number of nitrogens with two attached hydrogens (primary N) is 1. The molecule has 4 nitrogen and oxygen atoms in total. The molecule has 3 rings (SSSR count). The molecule has 22 heavy (non-hydrogen) atoms. The number of anilines is 1. The normalized spacial score (nSPS) is 19.7. The van der Waals surface area contributed by atoms with Crippen LogP contribution in [-0.4, -0.2) is 11.8 Å². The first-order valence-electron chi connectivity index (χ1n) is 7.24. The maximum absolute atomic E-state index is 12.4. The van der Waals surface area contributed by atoms with Gasteiger partial charge in [-0.3, -0.25) is 9.59 Å². The molecule has 1 heterocycles. The first-order chi connectivity index (χ1) is 10.5. The van der Waals surface area contributed by atoms with Gasteiger partial charge in [0.2, 0.25) is 11.8 Å². The van der Waals surface area contributed by atoms with Crippen LogP contribution in [0.15, 0.2) is 30.3 Å². The zero-order valence-electron chi connectivity index (χ0n) is 12.6. The first kappa shape index (κ1) is 14.8. The molecular formula is C17H18N2O2S. The topological polar surface area (TPSA) is 72.2 Å². The minimum atomic E-state index is -0.480. The highest BCUT2D eigenvalue weighted by molar-refractivity contribution is 7.12. The maximum atomic E-state index is 12.4. The second kappa shape index (κ2) is 5.57. The highest BCUT2D eigenvalue weighted by Gasteiger charge is 2.44. The molecule has 2 amide bonds. The molecule has 0 bridgehead atoms. The summed E-state index contributed by atoms with van der Waals surface area (Å²) >= 11 is 1.75. The van der Waals surface area contributed by atoms with Crippen LogP contribution in [-0.2, 0) is 4.79 Å². The van der Waals surface area contributed by atoms with Gasteiger partial charge in [0.05, 0.1) is 0 Å². The van der Waals surface area contributed by atoms with E-state index in [0.29, 0.717) is 22.7 Å². The van der Waals surface area contributed by atoms with Gasteiger partial charge < -0.3 is 11.1 Å². The van der Waals surface area contributed by atoms with Gasteiger partial charge in [-0.15, -0.1) is 11.3 Å². The van der Waals surface area contributed by atoms with Crippen molar-refractivity contribution in [1.82, 2.24) is 0 Å². The van der Waals surface area contributed by atoms with E-state index in [1.165, 1.54) is 9.75 Å². The van der Waals surface area contributed by atoms with Crippen molar-refractivity contribution in [2.75, 3.05) is 5.32 Å². The molecule has 1 aliphatic carbocycles. The lowest BCUT2D eigenvalue weighted by molar-refractivity contribution is -0.117. The van der Waals surface area contributed by atoms with E-state index >= 15 is 0 Å². The third-order valence-corrected chi connectivity index (χ3v) is 5.24. The van der Waals surface area contributed by atoms with E-state index in [1.807, 2.05) is 0 Å². The number of carbonyl (C=O) groups excluding carboxylic acids is 2. The molecule has 1 saturated carbocycles. The van der Waals surface area contributed by atoms with Gasteiger partial charge in [0.1, 0.15) is 0 Å². The van der Waals surface area contributed by atoms with Gasteiger partial charge in [-0.1, -0.05) is 6.07 Å². The molecule has 0 unspecified atom stereocenters. The Bertz CT molecular complexity index is 751. The molecule has 1 aliphatic rings. The van der Waals surface area contributed by atoms with E-state index in [0.717, 1.165) is 6.42 Å². The van der Waals surface area contributed by atoms with Crippen LogP contribution in [0.2, 0.25) is 0 Å². The summed E-state index contributed by atoms with van der Waals surface area (Å²) in [5.74, 6) is -0.110. The lowest BCUT2D eigenvalue weighted by Crippen LogP contribution is -2.18. The van der Waals surface area contributed by atoms with Crippen LogP contribution in [0.1, 0.15) is 38.0 Å². The van der Waals surface area contributed by atoms with Crippen molar-refractivity contribution >= 4 is 28.8 Å². The summed E-state index contributed by atoms with van der Waals surface area (Å²) in [7, 11) is 0. The Kier molecular flexibility index (Phi) is 3.74. The average Bonchev–Trinajstić information content (AvgIpc) is 3.16. The number of primary amides is 1. The fourth-order valence-electron chi connectivity index (χ4n) is 2.72. The Labute approximate surface area is 133 Å². The zero-order valence-corrected chi connectivity index (χ0v) is 13.4. The van der Waals surface area contributed by atoms with Gasteiger partial charge >= 0.3 is 0 Å². The fourth-order valence-corrected chi connectivity index (χ4v) is 3.77. The Morgan fingerprint density at radius 2 is 2.00 bits per heavy atom. The molecule has 1 fully saturated rings. The van der Waals surface area contributed by atoms with Gasteiger partial charge in [0, 0.05) is 32.8 Å². The van der Waals surface area contributed by atoms with Crippen molar-refractivity contribution in [3.8, 4) is 0 Å². The predicted molar refractivity (Wildman–Crippen MR) is 88.2 cm³/mol. The Hall–Kier alpha value is -2.14. The summed E-state index contributed by atoms with van der Waals surface area (Å²) in [5.41, 5.74) is 7.16. The first-order valence-corrected chi connectivity index (χ1v) is 8.05. The number of amides is 2.